The molecule has 1 aromatic heterocycles. The van der Waals surface area contributed by atoms with Gasteiger partial charge in [0.2, 0.25) is 11.8 Å². The molecule has 0 bridgehead atoms. The van der Waals surface area contributed by atoms with Crippen LogP contribution in [0.4, 0.5) is 5.69 Å². The largest absolute Gasteiger partial charge is 0.497 e. The molecule has 7 nitrogen and oxygen atoms in total. The van der Waals surface area contributed by atoms with E-state index in [0.29, 0.717) is 5.82 Å². The van der Waals surface area contributed by atoms with Crippen molar-refractivity contribution in [2.75, 3.05) is 19.1 Å². The zero-order chi connectivity index (χ0) is 24.1. The van der Waals surface area contributed by atoms with E-state index >= 15 is 0 Å². The van der Waals surface area contributed by atoms with Crippen LogP contribution >= 0.6 is 0 Å². The topological polar surface area (TPSA) is 76.5 Å². The molecule has 0 saturated carbocycles. The fourth-order valence-corrected chi connectivity index (χ4v) is 3.91. The molecule has 0 aliphatic rings. The van der Waals surface area contributed by atoms with E-state index in [4.69, 9.17) is 9.72 Å². The monoisotopic (exact) mass is 456 g/mol. The minimum Gasteiger partial charge on any atom is -0.497 e. The maximum absolute atomic E-state index is 13.1. The van der Waals surface area contributed by atoms with E-state index in [-0.39, 0.29) is 30.8 Å². The molecule has 0 aliphatic heterocycles. The molecule has 3 aromatic carbocycles. The minimum atomic E-state index is -0.382. The summed E-state index contributed by atoms with van der Waals surface area (Å²) in [6.45, 7) is 1.99. The van der Waals surface area contributed by atoms with Gasteiger partial charge in [-0.15, -0.1) is 0 Å². The van der Waals surface area contributed by atoms with Crippen molar-refractivity contribution >= 4 is 28.5 Å². The van der Waals surface area contributed by atoms with Gasteiger partial charge in [0.25, 0.3) is 0 Å². The first-order valence-corrected chi connectivity index (χ1v) is 11.2. The van der Waals surface area contributed by atoms with Crippen molar-refractivity contribution in [3.05, 3.63) is 90.3 Å². The Morgan fingerprint density at radius 1 is 1.00 bits per heavy atom. The summed E-state index contributed by atoms with van der Waals surface area (Å²) in [6.07, 6.45) is 0.240. The number of carbonyl (C=O) groups is 2. The highest BCUT2D eigenvalue weighted by Crippen LogP contribution is 2.22. The molecule has 4 rings (SSSR count). The molecule has 0 radical (unpaired) electrons. The summed E-state index contributed by atoms with van der Waals surface area (Å²) in [5.74, 6) is 1.19. The Balaban J connectivity index is 1.54. The van der Waals surface area contributed by atoms with Gasteiger partial charge in [0.15, 0.2) is 0 Å². The molecule has 0 aliphatic carbocycles. The highest BCUT2D eigenvalue weighted by molar-refractivity contribution is 5.93. The smallest absolute Gasteiger partial charge is 0.246 e. The highest BCUT2D eigenvalue weighted by atomic mass is 16.5. The van der Waals surface area contributed by atoms with Crippen molar-refractivity contribution in [2.45, 2.75) is 25.9 Å². The van der Waals surface area contributed by atoms with Crippen LogP contribution in [-0.2, 0) is 22.6 Å². The number of anilines is 1. The second-order valence-electron chi connectivity index (χ2n) is 8.15. The molecule has 1 heterocycles. The van der Waals surface area contributed by atoms with Gasteiger partial charge in [0.05, 0.1) is 30.6 Å². The number of nitrogens with one attached hydrogen (secondary N) is 1. The maximum atomic E-state index is 13.1. The predicted octanol–water partition coefficient (Wildman–Crippen LogP) is 4.13. The Morgan fingerprint density at radius 2 is 1.68 bits per heavy atom. The molecule has 1 unspecified atom stereocenters. The Labute approximate surface area is 199 Å². The number of hydrogen-bond donors (Lipinski definition) is 1. The lowest BCUT2D eigenvalue weighted by Gasteiger charge is -2.20. The summed E-state index contributed by atoms with van der Waals surface area (Å²) in [6, 6.07) is 24.2. The summed E-state index contributed by atoms with van der Waals surface area (Å²) in [5.41, 5.74) is 3.34. The lowest BCUT2D eigenvalue weighted by Crippen LogP contribution is -2.33. The van der Waals surface area contributed by atoms with Gasteiger partial charge in [-0.1, -0.05) is 42.5 Å². The van der Waals surface area contributed by atoms with Crippen molar-refractivity contribution in [3.63, 3.8) is 0 Å². The summed E-state index contributed by atoms with van der Waals surface area (Å²) >= 11 is 0. The third-order valence-electron chi connectivity index (χ3n) is 5.78. The zero-order valence-corrected chi connectivity index (χ0v) is 19.6. The van der Waals surface area contributed by atoms with Gasteiger partial charge in [0.1, 0.15) is 18.1 Å². The normalized spacial score (nSPS) is 11.7. The number of rotatable bonds is 8. The number of carbonyl (C=O) groups excluding carboxylic acids is 2. The second kappa shape index (κ2) is 10.2. The fourth-order valence-electron chi connectivity index (χ4n) is 3.91. The highest BCUT2D eigenvalue weighted by Gasteiger charge is 2.21. The van der Waals surface area contributed by atoms with Gasteiger partial charge < -0.3 is 19.5 Å². The number of ether oxygens (including phenoxy) is 1. The lowest BCUT2D eigenvalue weighted by atomic mass is 10.1. The summed E-state index contributed by atoms with van der Waals surface area (Å²) in [7, 11) is 3.37. The van der Waals surface area contributed by atoms with Gasteiger partial charge in [-0.3, -0.25) is 9.59 Å². The second-order valence-corrected chi connectivity index (χ2v) is 8.15. The van der Waals surface area contributed by atoms with Crippen LogP contribution in [0.1, 0.15) is 24.4 Å². The number of imidazole rings is 1. The van der Waals surface area contributed by atoms with Crippen LogP contribution in [0.15, 0.2) is 78.9 Å². The first kappa shape index (κ1) is 23.0. The number of nitrogens with zero attached hydrogens (tertiary/aromatic N) is 3. The number of aromatic nitrogens is 2. The molecule has 34 heavy (non-hydrogen) atoms. The standard InChI is InChI=1S/C27H28N4O3/c1-19(28-25(32)17-20-13-15-22(34-3)16-14-20)27-29-23-11-7-8-12-24(23)31(27)18-26(33)30(2)21-9-5-4-6-10-21/h4-16,19H,17-18H2,1-3H3,(H,28,32). The first-order valence-electron chi connectivity index (χ1n) is 11.2. The first-order chi connectivity index (χ1) is 16.5. The van der Waals surface area contributed by atoms with Crippen molar-refractivity contribution in [1.29, 1.82) is 0 Å². The fraction of sp³-hybridized carbons (Fsp3) is 0.222. The van der Waals surface area contributed by atoms with E-state index in [1.54, 1.807) is 19.1 Å². The van der Waals surface area contributed by atoms with Gasteiger partial charge in [-0.05, 0) is 48.9 Å². The Morgan fingerprint density at radius 3 is 2.38 bits per heavy atom. The SMILES string of the molecule is COc1ccc(CC(=O)NC(C)c2nc3ccccc3n2CC(=O)N(C)c2ccccc2)cc1. The van der Waals surface area contributed by atoms with Crippen LogP contribution in [0.2, 0.25) is 0 Å². The molecule has 0 saturated heterocycles. The van der Waals surface area contributed by atoms with Crippen molar-refractivity contribution in [3.8, 4) is 5.75 Å². The Bertz CT molecular complexity index is 1280. The van der Waals surface area contributed by atoms with Crippen LogP contribution in [0.25, 0.3) is 11.0 Å². The molecule has 174 valence electrons. The third kappa shape index (κ3) is 5.09. The molecule has 7 heteroatoms. The summed E-state index contributed by atoms with van der Waals surface area (Å²) in [5, 5.41) is 3.03. The number of para-hydroxylation sites is 3. The Kier molecular flexibility index (Phi) is 6.92. The number of likely N-dealkylation sites (N-methyl/N-ethyl adjacent to an activating group) is 1. The van der Waals surface area contributed by atoms with Gasteiger partial charge in [-0.25, -0.2) is 4.98 Å². The molecular formula is C27H28N4O3. The van der Waals surface area contributed by atoms with Crippen LogP contribution < -0.4 is 15.0 Å². The third-order valence-corrected chi connectivity index (χ3v) is 5.78. The van der Waals surface area contributed by atoms with Crippen LogP contribution in [0.3, 0.4) is 0 Å². The van der Waals surface area contributed by atoms with Gasteiger partial charge in [0, 0.05) is 12.7 Å². The van der Waals surface area contributed by atoms with Crippen molar-refractivity contribution < 1.29 is 14.3 Å². The molecule has 0 spiro atoms. The molecule has 1 N–H and O–H groups in total. The van der Waals surface area contributed by atoms with E-state index in [1.165, 1.54) is 0 Å². The van der Waals surface area contributed by atoms with Gasteiger partial charge >= 0.3 is 0 Å². The molecule has 1 atom stereocenters. The van der Waals surface area contributed by atoms with Gasteiger partial charge in [-0.2, -0.15) is 0 Å². The number of benzene rings is 3. The lowest BCUT2D eigenvalue weighted by molar-refractivity contribution is -0.121. The van der Waals surface area contributed by atoms with E-state index in [1.807, 2.05) is 90.4 Å². The summed E-state index contributed by atoms with van der Waals surface area (Å²) in [4.78, 5) is 32.2. The van der Waals surface area contributed by atoms with Crippen molar-refractivity contribution in [2.24, 2.45) is 0 Å². The average molecular weight is 457 g/mol. The van der Waals surface area contributed by atoms with Crippen LogP contribution in [0.5, 0.6) is 5.75 Å². The van der Waals surface area contributed by atoms with E-state index in [9.17, 15) is 9.59 Å². The van der Waals surface area contributed by atoms with Crippen LogP contribution in [0, 0.1) is 0 Å². The predicted molar refractivity (Wildman–Crippen MR) is 133 cm³/mol. The minimum absolute atomic E-state index is 0.0765. The Hall–Kier alpha value is -4.13. The van der Waals surface area contributed by atoms with E-state index in [2.05, 4.69) is 5.32 Å². The molecule has 2 amide bonds. The van der Waals surface area contributed by atoms with E-state index in [0.717, 1.165) is 28.0 Å². The number of amides is 2. The quantitative estimate of drug-likeness (QED) is 0.433. The molecular weight excluding hydrogens is 428 g/mol. The number of hydrogen-bond acceptors (Lipinski definition) is 4. The van der Waals surface area contributed by atoms with E-state index < -0.39 is 0 Å². The van der Waals surface area contributed by atoms with Crippen LogP contribution in [-0.4, -0.2) is 35.5 Å². The summed E-state index contributed by atoms with van der Waals surface area (Å²) < 4.78 is 7.06. The molecule has 0 fully saturated rings. The number of fused-ring (bicyclic) bond motifs is 1. The van der Waals surface area contributed by atoms with Crippen molar-refractivity contribution in [1.82, 2.24) is 14.9 Å². The maximum Gasteiger partial charge on any atom is 0.246 e. The average Bonchev–Trinajstić information content (AvgIpc) is 3.23. The zero-order valence-electron chi connectivity index (χ0n) is 19.6. The number of methoxy groups -OCH3 is 1. The molecule has 4 aromatic rings.